The summed E-state index contributed by atoms with van der Waals surface area (Å²) in [6.07, 6.45) is 0.333. The van der Waals surface area contributed by atoms with Crippen molar-refractivity contribution in [1.82, 2.24) is 0 Å². The second-order valence-electron chi connectivity index (χ2n) is 9.73. The number of hydrogen-bond acceptors (Lipinski definition) is 2. The fourth-order valence-electron chi connectivity index (χ4n) is 5.24. The molecule has 0 fully saturated rings. The first-order chi connectivity index (χ1) is 19.3. The lowest BCUT2D eigenvalue weighted by Gasteiger charge is -2.27. The van der Waals surface area contributed by atoms with Gasteiger partial charge in [-0.05, 0) is 93.9 Å². The molecule has 0 radical (unpaired) electrons. The van der Waals surface area contributed by atoms with Crippen LogP contribution in [0, 0.1) is 23.3 Å². The molecular formula is C34H27F4NO. The molecule has 5 aromatic rings. The Bertz CT molecular complexity index is 1380. The van der Waals surface area contributed by atoms with Gasteiger partial charge in [-0.2, -0.15) is 0 Å². The van der Waals surface area contributed by atoms with Crippen LogP contribution in [0.25, 0.3) is 0 Å². The molecule has 0 spiro atoms. The highest BCUT2D eigenvalue weighted by Crippen LogP contribution is 2.43. The minimum Gasteiger partial charge on any atom is -0.398 e. The van der Waals surface area contributed by atoms with Gasteiger partial charge in [0, 0.05) is 24.1 Å². The largest absolute Gasteiger partial charge is 0.398 e. The smallest absolute Gasteiger partial charge is 0.123 e. The van der Waals surface area contributed by atoms with E-state index in [1.807, 2.05) is 12.1 Å². The fourth-order valence-corrected chi connectivity index (χ4v) is 5.24. The molecule has 0 unspecified atom stereocenters. The predicted octanol–water partition coefficient (Wildman–Crippen LogP) is 7.72. The highest BCUT2D eigenvalue weighted by Gasteiger charge is 2.26. The van der Waals surface area contributed by atoms with E-state index in [4.69, 9.17) is 5.73 Å². The normalized spacial score (nSPS) is 11.4. The zero-order valence-corrected chi connectivity index (χ0v) is 21.5. The molecule has 6 heteroatoms. The van der Waals surface area contributed by atoms with Gasteiger partial charge < -0.3 is 10.8 Å². The Morgan fingerprint density at radius 2 is 0.775 bits per heavy atom. The maximum absolute atomic E-state index is 13.9. The molecule has 0 aliphatic rings. The van der Waals surface area contributed by atoms with Crippen molar-refractivity contribution in [3.63, 3.8) is 0 Å². The first-order valence-corrected chi connectivity index (χ1v) is 12.9. The van der Waals surface area contributed by atoms with Crippen LogP contribution in [0.3, 0.4) is 0 Å². The average molecular weight is 542 g/mol. The maximum atomic E-state index is 13.9. The zero-order chi connectivity index (χ0) is 28.2. The molecule has 0 heterocycles. The predicted molar refractivity (Wildman–Crippen MR) is 149 cm³/mol. The summed E-state index contributed by atoms with van der Waals surface area (Å²) >= 11 is 0. The number of benzene rings is 5. The second kappa shape index (κ2) is 11.8. The molecule has 5 aromatic carbocycles. The summed E-state index contributed by atoms with van der Waals surface area (Å²) in [4.78, 5) is 0. The molecular weight excluding hydrogens is 514 g/mol. The third-order valence-corrected chi connectivity index (χ3v) is 7.14. The van der Waals surface area contributed by atoms with Crippen LogP contribution in [0.1, 0.15) is 50.8 Å². The summed E-state index contributed by atoms with van der Waals surface area (Å²) < 4.78 is 55.6. The summed E-state index contributed by atoms with van der Waals surface area (Å²) in [5.41, 5.74) is 12.5. The monoisotopic (exact) mass is 541 g/mol. The van der Waals surface area contributed by atoms with Crippen LogP contribution in [0.2, 0.25) is 0 Å². The van der Waals surface area contributed by atoms with Gasteiger partial charge >= 0.3 is 0 Å². The summed E-state index contributed by atoms with van der Waals surface area (Å²) in [5.74, 6) is -2.54. The molecule has 0 atom stereocenters. The number of nitrogens with two attached hydrogens (primary N) is 1. The van der Waals surface area contributed by atoms with Gasteiger partial charge in [0.05, 0.1) is 0 Å². The number of halogens is 4. The molecule has 0 amide bonds. The van der Waals surface area contributed by atoms with Crippen molar-refractivity contribution in [2.24, 2.45) is 0 Å². The van der Waals surface area contributed by atoms with Crippen molar-refractivity contribution in [3.8, 4) is 0 Å². The van der Waals surface area contributed by atoms with Gasteiger partial charge in [-0.3, -0.25) is 0 Å². The molecule has 0 saturated heterocycles. The number of hydrogen-bond donors (Lipinski definition) is 2. The van der Waals surface area contributed by atoms with Crippen molar-refractivity contribution < 1.29 is 22.7 Å². The van der Waals surface area contributed by atoms with Gasteiger partial charge in [0.25, 0.3) is 0 Å². The Balaban J connectivity index is 1.78. The van der Waals surface area contributed by atoms with Crippen molar-refractivity contribution in [2.45, 2.75) is 18.3 Å². The van der Waals surface area contributed by atoms with Gasteiger partial charge in [-0.1, -0.05) is 60.7 Å². The number of aliphatic hydroxyl groups is 1. The van der Waals surface area contributed by atoms with Crippen LogP contribution in [0.4, 0.5) is 23.2 Å². The van der Waals surface area contributed by atoms with Crippen LogP contribution >= 0.6 is 0 Å². The third-order valence-electron chi connectivity index (χ3n) is 7.14. The molecule has 2 nitrogen and oxygen atoms in total. The highest BCUT2D eigenvalue weighted by atomic mass is 19.1. The second-order valence-corrected chi connectivity index (χ2v) is 9.73. The lowest BCUT2D eigenvalue weighted by atomic mass is 9.78. The summed E-state index contributed by atoms with van der Waals surface area (Å²) in [5, 5.41) is 9.84. The Morgan fingerprint density at radius 1 is 0.500 bits per heavy atom. The zero-order valence-electron chi connectivity index (χ0n) is 21.5. The number of aliphatic hydroxyl groups excluding tert-OH is 1. The molecule has 0 bridgehead atoms. The quantitative estimate of drug-likeness (QED) is 0.120. The van der Waals surface area contributed by atoms with Crippen molar-refractivity contribution in [1.29, 1.82) is 0 Å². The number of rotatable bonds is 8. The van der Waals surface area contributed by atoms with E-state index in [-0.39, 0.29) is 6.61 Å². The van der Waals surface area contributed by atoms with Gasteiger partial charge in [0.2, 0.25) is 0 Å². The minimum absolute atomic E-state index is 0.113. The van der Waals surface area contributed by atoms with Crippen molar-refractivity contribution in [2.75, 3.05) is 12.3 Å². The van der Waals surface area contributed by atoms with E-state index in [0.717, 1.165) is 27.8 Å². The van der Waals surface area contributed by atoms with Crippen molar-refractivity contribution >= 4 is 5.69 Å². The molecule has 202 valence electrons. The van der Waals surface area contributed by atoms with Crippen LogP contribution in [0.15, 0.2) is 109 Å². The Hall–Kier alpha value is -4.42. The van der Waals surface area contributed by atoms with Crippen LogP contribution in [0.5, 0.6) is 0 Å². The molecule has 0 aromatic heterocycles. The van der Waals surface area contributed by atoms with Crippen LogP contribution in [-0.2, 0) is 6.42 Å². The molecule has 5 rings (SSSR count). The van der Waals surface area contributed by atoms with Crippen LogP contribution < -0.4 is 5.73 Å². The van der Waals surface area contributed by atoms with Gasteiger partial charge in [-0.15, -0.1) is 0 Å². The summed E-state index contributed by atoms with van der Waals surface area (Å²) in [7, 11) is 0. The third kappa shape index (κ3) is 5.77. The van der Waals surface area contributed by atoms with E-state index in [1.54, 1.807) is 48.5 Å². The Kier molecular flexibility index (Phi) is 7.99. The van der Waals surface area contributed by atoms with E-state index in [9.17, 15) is 22.7 Å². The summed E-state index contributed by atoms with van der Waals surface area (Å²) in [6.45, 7) is -0.113. The number of nitrogen functional groups attached to an aromatic ring is 1. The van der Waals surface area contributed by atoms with E-state index < -0.39 is 35.1 Å². The van der Waals surface area contributed by atoms with Gasteiger partial charge in [0.15, 0.2) is 0 Å². The molecule has 3 N–H and O–H groups in total. The highest BCUT2D eigenvalue weighted by molar-refractivity contribution is 5.66. The lowest BCUT2D eigenvalue weighted by Crippen LogP contribution is -2.14. The molecule has 0 aliphatic carbocycles. The Morgan fingerprint density at radius 3 is 1.02 bits per heavy atom. The first kappa shape index (κ1) is 27.2. The van der Waals surface area contributed by atoms with E-state index in [2.05, 4.69) is 0 Å². The van der Waals surface area contributed by atoms with Crippen LogP contribution in [-0.4, -0.2) is 11.7 Å². The van der Waals surface area contributed by atoms with Gasteiger partial charge in [0.1, 0.15) is 23.3 Å². The first-order valence-electron chi connectivity index (χ1n) is 12.9. The fraction of sp³-hybridized carbons (Fsp3) is 0.118. The summed E-state index contributed by atoms with van der Waals surface area (Å²) in [6, 6.07) is 28.0. The van der Waals surface area contributed by atoms with E-state index in [0.29, 0.717) is 23.2 Å². The van der Waals surface area contributed by atoms with E-state index in [1.165, 1.54) is 48.5 Å². The van der Waals surface area contributed by atoms with Gasteiger partial charge in [-0.25, -0.2) is 17.6 Å². The number of anilines is 1. The topological polar surface area (TPSA) is 46.2 Å². The molecule has 0 aliphatic heterocycles. The molecule has 40 heavy (non-hydrogen) atoms. The van der Waals surface area contributed by atoms with E-state index >= 15 is 0 Å². The Labute approximate surface area is 230 Å². The lowest BCUT2D eigenvalue weighted by molar-refractivity contribution is 0.299. The average Bonchev–Trinajstić information content (AvgIpc) is 2.95. The standard InChI is InChI=1S/C34H27F4NO/c35-26-9-1-22(2-10-26)32(23-3-11-27(36)12-4-23)30-19-21(17-18-40)20-31(34(30)39)33(24-5-13-28(37)14-6-24)25-7-15-29(38)16-8-25/h1-16,19-20,32-33,40H,17-18,39H2. The maximum Gasteiger partial charge on any atom is 0.123 e. The van der Waals surface area contributed by atoms with Crippen molar-refractivity contribution in [3.05, 3.63) is 171 Å². The molecule has 0 saturated carbocycles. The SMILES string of the molecule is Nc1c(C(c2ccc(F)cc2)c2ccc(F)cc2)cc(CCO)cc1C(c1ccc(F)cc1)c1ccc(F)cc1. The minimum atomic E-state index is -0.485.